The number of nitrogens with zero attached hydrogens (tertiary/aromatic N) is 1. The lowest BCUT2D eigenvalue weighted by Gasteiger charge is -2.32. The minimum Gasteiger partial charge on any atom is -0.400 e. The number of aromatic nitrogens is 1. The quantitative estimate of drug-likeness (QED) is 0.860. The monoisotopic (exact) mass is 274 g/mol. The molecule has 20 heavy (non-hydrogen) atoms. The van der Waals surface area contributed by atoms with E-state index in [2.05, 4.69) is 4.98 Å². The number of pyridine rings is 1. The molecule has 2 rings (SSSR count). The van der Waals surface area contributed by atoms with Gasteiger partial charge in [-0.1, -0.05) is 12.1 Å². The first-order valence-corrected chi connectivity index (χ1v) is 6.94. The van der Waals surface area contributed by atoms with Crippen molar-refractivity contribution in [3.05, 3.63) is 35.1 Å². The van der Waals surface area contributed by atoms with E-state index < -0.39 is 0 Å². The Morgan fingerprint density at radius 2 is 1.85 bits per heavy atom. The average Bonchev–Trinajstić information content (AvgIpc) is 2.57. The lowest BCUT2D eigenvalue weighted by Crippen LogP contribution is -2.41. The van der Waals surface area contributed by atoms with Crippen LogP contribution in [0.1, 0.15) is 44.5 Å². The van der Waals surface area contributed by atoms with Crippen molar-refractivity contribution in [2.75, 3.05) is 0 Å². The fourth-order valence-corrected chi connectivity index (χ4v) is 2.05. The Kier molecular flexibility index (Phi) is 4.05. The van der Waals surface area contributed by atoms with E-state index in [1.54, 1.807) is 0 Å². The van der Waals surface area contributed by atoms with E-state index in [-0.39, 0.29) is 18.3 Å². The second-order valence-electron chi connectivity index (χ2n) is 6.20. The van der Waals surface area contributed by atoms with Crippen LogP contribution in [-0.2, 0) is 15.9 Å². The highest BCUT2D eigenvalue weighted by molar-refractivity contribution is 6.52. The van der Waals surface area contributed by atoms with Crippen LogP contribution >= 0.6 is 0 Å². The van der Waals surface area contributed by atoms with Crippen LogP contribution in [0.4, 0.5) is 0 Å². The van der Waals surface area contributed by atoms with Gasteiger partial charge >= 0.3 is 7.12 Å². The van der Waals surface area contributed by atoms with E-state index in [0.717, 1.165) is 16.8 Å². The third-order valence-electron chi connectivity index (χ3n) is 4.15. The molecule has 0 atom stereocenters. The molecule has 1 aliphatic heterocycles. The number of hydrogen-bond donors (Lipinski definition) is 1. The molecule has 0 bridgehead atoms. The van der Waals surface area contributed by atoms with Crippen molar-refractivity contribution in [1.29, 1.82) is 0 Å². The lowest BCUT2D eigenvalue weighted by molar-refractivity contribution is 0.00578. The third kappa shape index (κ3) is 2.95. The Bertz CT molecular complexity index is 511. The van der Waals surface area contributed by atoms with E-state index in [1.165, 1.54) is 0 Å². The van der Waals surface area contributed by atoms with Crippen LogP contribution in [0.5, 0.6) is 0 Å². The molecule has 5 heteroatoms. The highest BCUT2D eigenvalue weighted by atomic mass is 16.7. The van der Waals surface area contributed by atoms with Gasteiger partial charge in [-0.15, -0.1) is 0 Å². The minimum absolute atomic E-state index is 0.310. The molecule has 4 nitrogen and oxygen atoms in total. The maximum absolute atomic E-state index is 5.91. The molecule has 0 unspecified atom stereocenters. The lowest BCUT2D eigenvalue weighted by atomic mass is 9.89. The summed E-state index contributed by atoms with van der Waals surface area (Å²) >= 11 is 0. The molecule has 0 spiro atoms. The van der Waals surface area contributed by atoms with Crippen LogP contribution in [-0.4, -0.2) is 23.3 Å². The summed E-state index contributed by atoms with van der Waals surface area (Å²) in [5, 5.41) is 0. The number of aryl methyl sites for hydroxylation is 1. The molecule has 108 valence electrons. The number of nitrogens with two attached hydrogens (primary N) is 1. The van der Waals surface area contributed by atoms with Crippen LogP contribution in [0, 0.1) is 6.92 Å². The Hall–Kier alpha value is -1.17. The second kappa shape index (κ2) is 5.32. The summed E-state index contributed by atoms with van der Waals surface area (Å²) in [6, 6.07) is 2.05. The average molecular weight is 274 g/mol. The molecule has 1 saturated heterocycles. The van der Waals surface area contributed by atoms with Crippen molar-refractivity contribution in [1.82, 2.24) is 4.98 Å². The van der Waals surface area contributed by atoms with Gasteiger partial charge in [0.15, 0.2) is 0 Å². The first kappa shape index (κ1) is 15.2. The van der Waals surface area contributed by atoms with Crippen LogP contribution in [0.3, 0.4) is 0 Å². The van der Waals surface area contributed by atoms with Gasteiger partial charge in [-0.2, -0.15) is 0 Å². The topological polar surface area (TPSA) is 57.4 Å². The summed E-state index contributed by atoms with van der Waals surface area (Å²) in [5.74, 6) is 1.92. The van der Waals surface area contributed by atoms with Crippen LogP contribution in [0.2, 0.25) is 0 Å². The number of hydrogen-bond acceptors (Lipinski definition) is 4. The fourth-order valence-electron chi connectivity index (χ4n) is 2.05. The molecular weight excluding hydrogens is 251 g/mol. The predicted octanol–water partition coefficient (Wildman–Crippen LogP) is 2.49. The Morgan fingerprint density at radius 1 is 1.25 bits per heavy atom. The van der Waals surface area contributed by atoms with Gasteiger partial charge in [0.1, 0.15) is 0 Å². The zero-order valence-electron chi connectivity index (χ0n) is 12.9. The summed E-state index contributed by atoms with van der Waals surface area (Å²) in [6.45, 7) is 10.6. The predicted molar refractivity (Wildman–Crippen MR) is 82.0 cm³/mol. The fraction of sp³-hybridized carbons (Fsp3) is 0.533. The van der Waals surface area contributed by atoms with E-state index in [4.69, 9.17) is 15.0 Å². The first-order valence-electron chi connectivity index (χ1n) is 6.94. The van der Waals surface area contributed by atoms with Gasteiger partial charge in [0.25, 0.3) is 0 Å². The minimum atomic E-state index is -0.331. The summed E-state index contributed by atoms with van der Waals surface area (Å²) in [7, 11) is -0.331. The third-order valence-corrected chi connectivity index (χ3v) is 4.15. The van der Waals surface area contributed by atoms with Gasteiger partial charge in [0, 0.05) is 18.4 Å². The normalized spacial score (nSPS) is 20.8. The molecule has 0 aromatic carbocycles. The van der Waals surface area contributed by atoms with Crippen LogP contribution < -0.4 is 5.73 Å². The largest absolute Gasteiger partial charge is 0.487 e. The van der Waals surface area contributed by atoms with E-state index in [9.17, 15) is 0 Å². The SMILES string of the molecule is Cc1ncc(/C=C/B2OC(C)(C)C(C)(C)O2)cc1CN. The van der Waals surface area contributed by atoms with Gasteiger partial charge in [-0.3, -0.25) is 4.98 Å². The summed E-state index contributed by atoms with van der Waals surface area (Å²) in [6.07, 6.45) is 3.80. The van der Waals surface area contributed by atoms with Crippen molar-refractivity contribution in [3.8, 4) is 0 Å². The maximum Gasteiger partial charge on any atom is 0.487 e. The molecule has 1 fully saturated rings. The molecule has 2 heterocycles. The van der Waals surface area contributed by atoms with Gasteiger partial charge in [-0.05, 0) is 51.8 Å². The summed E-state index contributed by atoms with van der Waals surface area (Å²) < 4.78 is 11.8. The Balaban J connectivity index is 2.12. The molecule has 1 aliphatic rings. The molecule has 0 saturated carbocycles. The molecule has 1 aromatic rings. The second-order valence-corrected chi connectivity index (χ2v) is 6.20. The number of rotatable bonds is 3. The molecule has 0 aliphatic carbocycles. The smallest absolute Gasteiger partial charge is 0.400 e. The first-order chi connectivity index (χ1) is 9.25. The molecule has 0 amide bonds. The molecule has 2 N–H and O–H groups in total. The van der Waals surface area contributed by atoms with Crippen molar-refractivity contribution in [3.63, 3.8) is 0 Å². The Labute approximate surface area is 121 Å². The zero-order valence-corrected chi connectivity index (χ0v) is 12.9. The molecule has 0 radical (unpaired) electrons. The van der Waals surface area contributed by atoms with Crippen molar-refractivity contribution >= 4 is 13.2 Å². The summed E-state index contributed by atoms with van der Waals surface area (Å²) in [5.41, 5.74) is 8.11. The summed E-state index contributed by atoms with van der Waals surface area (Å²) in [4.78, 5) is 4.34. The van der Waals surface area contributed by atoms with E-state index in [0.29, 0.717) is 6.54 Å². The highest BCUT2D eigenvalue weighted by Crippen LogP contribution is 2.37. The molecule has 1 aromatic heterocycles. The van der Waals surface area contributed by atoms with Crippen molar-refractivity contribution in [2.45, 2.75) is 52.4 Å². The van der Waals surface area contributed by atoms with Crippen LogP contribution in [0.25, 0.3) is 6.08 Å². The standard InChI is InChI=1S/C15H23BN2O2/c1-11-13(9-17)8-12(10-18-11)6-7-16-19-14(2,3)15(4,5)20-16/h6-8,10H,9,17H2,1-5H3/b7-6+. The Morgan fingerprint density at radius 3 is 2.40 bits per heavy atom. The van der Waals surface area contributed by atoms with Gasteiger partial charge in [-0.25, -0.2) is 0 Å². The van der Waals surface area contributed by atoms with E-state index >= 15 is 0 Å². The van der Waals surface area contributed by atoms with Crippen LogP contribution in [0.15, 0.2) is 18.2 Å². The highest BCUT2D eigenvalue weighted by Gasteiger charge is 2.49. The maximum atomic E-state index is 5.91. The van der Waals surface area contributed by atoms with Crippen molar-refractivity contribution in [2.24, 2.45) is 5.73 Å². The van der Waals surface area contributed by atoms with Gasteiger partial charge in [0.2, 0.25) is 0 Å². The molecular formula is C15H23BN2O2. The van der Waals surface area contributed by atoms with Crippen molar-refractivity contribution < 1.29 is 9.31 Å². The van der Waals surface area contributed by atoms with Gasteiger partial charge in [0.05, 0.1) is 11.2 Å². The van der Waals surface area contributed by atoms with Gasteiger partial charge < -0.3 is 15.0 Å². The zero-order chi connectivity index (χ0) is 15.0. The van der Waals surface area contributed by atoms with E-state index in [1.807, 2.05) is 58.9 Å².